The second-order valence-electron chi connectivity index (χ2n) is 4.63. The fourth-order valence-electron chi connectivity index (χ4n) is 1.54. The first-order chi connectivity index (χ1) is 7.46. The molecule has 2 N–H and O–H groups in total. The quantitative estimate of drug-likeness (QED) is 0.815. The predicted octanol–water partition coefficient (Wildman–Crippen LogP) is 1.89. The smallest absolute Gasteiger partial charge is 0.251 e. The number of rotatable bonds is 4. The van der Waals surface area contributed by atoms with Crippen LogP contribution in [0.1, 0.15) is 36.2 Å². The van der Waals surface area contributed by atoms with Crippen LogP contribution in [0.3, 0.4) is 0 Å². The van der Waals surface area contributed by atoms with Crippen LogP contribution < -0.4 is 5.32 Å². The number of carbonyl (C=O) groups is 1. The van der Waals surface area contributed by atoms with Crippen LogP contribution in [0.2, 0.25) is 0 Å². The van der Waals surface area contributed by atoms with Crippen molar-refractivity contribution in [2.45, 2.75) is 32.7 Å². The zero-order valence-electron chi connectivity index (χ0n) is 10.1. The molecule has 1 rings (SSSR count). The van der Waals surface area contributed by atoms with E-state index in [1.165, 1.54) is 0 Å². The monoisotopic (exact) mass is 221 g/mol. The van der Waals surface area contributed by atoms with Gasteiger partial charge in [-0.1, -0.05) is 18.2 Å². The molecule has 0 saturated carbocycles. The number of nitrogens with one attached hydrogen (secondary N) is 1. The van der Waals surface area contributed by atoms with Crippen molar-refractivity contribution in [3.63, 3.8) is 0 Å². The Labute approximate surface area is 96.5 Å². The Morgan fingerprint density at radius 1 is 1.38 bits per heavy atom. The minimum atomic E-state index is -0.381. The van der Waals surface area contributed by atoms with Crippen LogP contribution in [0.5, 0.6) is 0 Å². The minimum absolute atomic E-state index is 0.0705. The summed E-state index contributed by atoms with van der Waals surface area (Å²) in [6.07, 6.45) is 0.546. The number of carbonyl (C=O) groups excluding carboxylic acids is 1. The third kappa shape index (κ3) is 3.35. The molecule has 0 heterocycles. The van der Waals surface area contributed by atoms with Gasteiger partial charge in [-0.3, -0.25) is 4.79 Å². The maximum absolute atomic E-state index is 12.0. The van der Waals surface area contributed by atoms with Gasteiger partial charge in [-0.25, -0.2) is 0 Å². The van der Waals surface area contributed by atoms with Crippen molar-refractivity contribution in [3.05, 3.63) is 35.4 Å². The molecule has 0 fully saturated rings. The first-order valence-corrected chi connectivity index (χ1v) is 5.45. The first-order valence-electron chi connectivity index (χ1n) is 5.45. The largest absolute Gasteiger partial charge is 0.396 e. The second kappa shape index (κ2) is 5.12. The molecule has 88 valence electrons. The van der Waals surface area contributed by atoms with Crippen LogP contribution in [-0.2, 0) is 0 Å². The summed E-state index contributed by atoms with van der Waals surface area (Å²) in [6.45, 7) is 5.79. The molecule has 1 aromatic carbocycles. The summed E-state index contributed by atoms with van der Waals surface area (Å²) in [5, 5.41) is 11.8. The molecular formula is C13H19NO2. The van der Waals surface area contributed by atoms with Gasteiger partial charge in [-0.15, -0.1) is 0 Å². The third-order valence-corrected chi connectivity index (χ3v) is 2.58. The fraction of sp³-hybridized carbons (Fsp3) is 0.462. The zero-order valence-corrected chi connectivity index (χ0v) is 10.1. The van der Waals surface area contributed by atoms with Crippen LogP contribution in [-0.4, -0.2) is 23.2 Å². The van der Waals surface area contributed by atoms with Gasteiger partial charge in [0.2, 0.25) is 0 Å². The molecule has 0 aliphatic heterocycles. The molecule has 3 nitrogen and oxygen atoms in total. The molecule has 1 aromatic rings. The Kier molecular flexibility index (Phi) is 4.07. The molecular weight excluding hydrogens is 202 g/mol. The van der Waals surface area contributed by atoms with E-state index in [0.29, 0.717) is 12.0 Å². The second-order valence-corrected chi connectivity index (χ2v) is 4.63. The maximum atomic E-state index is 12.0. The third-order valence-electron chi connectivity index (χ3n) is 2.58. The number of hydrogen-bond donors (Lipinski definition) is 2. The number of aryl methyl sites for hydroxylation is 1. The van der Waals surface area contributed by atoms with Crippen molar-refractivity contribution in [2.24, 2.45) is 0 Å². The van der Waals surface area contributed by atoms with Crippen LogP contribution in [0, 0.1) is 6.92 Å². The Bertz CT molecular complexity index is 372. The van der Waals surface area contributed by atoms with Crippen molar-refractivity contribution in [2.75, 3.05) is 6.61 Å². The van der Waals surface area contributed by atoms with Gasteiger partial charge >= 0.3 is 0 Å². The van der Waals surface area contributed by atoms with Crippen LogP contribution in [0.15, 0.2) is 24.3 Å². The van der Waals surface area contributed by atoms with E-state index in [0.717, 1.165) is 5.56 Å². The van der Waals surface area contributed by atoms with Gasteiger partial charge in [0.05, 0.1) is 0 Å². The van der Waals surface area contributed by atoms with Crippen LogP contribution >= 0.6 is 0 Å². The van der Waals surface area contributed by atoms with Gasteiger partial charge in [0.1, 0.15) is 0 Å². The summed E-state index contributed by atoms with van der Waals surface area (Å²) in [5.74, 6) is -0.0865. The molecule has 0 spiro atoms. The summed E-state index contributed by atoms with van der Waals surface area (Å²) in [7, 11) is 0. The van der Waals surface area contributed by atoms with E-state index >= 15 is 0 Å². The highest BCUT2D eigenvalue weighted by Crippen LogP contribution is 2.12. The average molecular weight is 221 g/mol. The Morgan fingerprint density at radius 2 is 2.00 bits per heavy atom. The SMILES string of the molecule is Cc1ccccc1C(=O)NC(C)(C)CCO. The molecule has 0 aliphatic carbocycles. The molecule has 0 saturated heterocycles. The van der Waals surface area contributed by atoms with Crippen LogP contribution in [0.25, 0.3) is 0 Å². The Morgan fingerprint density at radius 3 is 2.56 bits per heavy atom. The van der Waals surface area contributed by atoms with Crippen molar-refractivity contribution >= 4 is 5.91 Å². The molecule has 0 bridgehead atoms. The molecule has 0 atom stereocenters. The highest BCUT2D eigenvalue weighted by atomic mass is 16.3. The number of aliphatic hydroxyl groups is 1. The van der Waals surface area contributed by atoms with Gasteiger partial charge in [0.15, 0.2) is 0 Å². The van der Waals surface area contributed by atoms with E-state index in [1.807, 2.05) is 39.0 Å². The molecule has 0 unspecified atom stereocenters. The molecule has 16 heavy (non-hydrogen) atoms. The summed E-state index contributed by atoms with van der Waals surface area (Å²) < 4.78 is 0. The average Bonchev–Trinajstić information content (AvgIpc) is 2.17. The van der Waals surface area contributed by atoms with E-state index in [-0.39, 0.29) is 18.1 Å². The van der Waals surface area contributed by atoms with Crippen molar-refractivity contribution in [1.29, 1.82) is 0 Å². The van der Waals surface area contributed by atoms with Gasteiger partial charge in [-0.05, 0) is 38.8 Å². The lowest BCUT2D eigenvalue weighted by Crippen LogP contribution is -2.44. The summed E-state index contributed by atoms with van der Waals surface area (Å²) in [5.41, 5.74) is 1.27. The number of hydrogen-bond acceptors (Lipinski definition) is 2. The van der Waals surface area contributed by atoms with Gasteiger partial charge in [-0.2, -0.15) is 0 Å². The highest BCUT2D eigenvalue weighted by molar-refractivity contribution is 5.96. The summed E-state index contributed by atoms with van der Waals surface area (Å²) in [6, 6.07) is 7.47. The maximum Gasteiger partial charge on any atom is 0.251 e. The van der Waals surface area contributed by atoms with Gasteiger partial charge in [0, 0.05) is 17.7 Å². The van der Waals surface area contributed by atoms with Gasteiger partial charge < -0.3 is 10.4 Å². The van der Waals surface area contributed by atoms with Crippen LogP contribution in [0.4, 0.5) is 0 Å². The van der Waals surface area contributed by atoms with E-state index in [4.69, 9.17) is 5.11 Å². The lowest BCUT2D eigenvalue weighted by molar-refractivity contribution is 0.0899. The number of benzene rings is 1. The molecule has 0 radical (unpaired) electrons. The summed E-state index contributed by atoms with van der Waals surface area (Å²) >= 11 is 0. The topological polar surface area (TPSA) is 49.3 Å². The normalized spacial score (nSPS) is 11.2. The lowest BCUT2D eigenvalue weighted by atomic mass is 9.99. The minimum Gasteiger partial charge on any atom is -0.396 e. The highest BCUT2D eigenvalue weighted by Gasteiger charge is 2.20. The van der Waals surface area contributed by atoms with E-state index in [2.05, 4.69) is 5.32 Å². The zero-order chi connectivity index (χ0) is 12.2. The Hall–Kier alpha value is -1.35. The Balaban J connectivity index is 2.77. The standard InChI is InChI=1S/C13H19NO2/c1-10-6-4-5-7-11(10)12(16)14-13(2,3)8-9-15/h4-7,15H,8-9H2,1-3H3,(H,14,16). The van der Waals surface area contributed by atoms with E-state index in [1.54, 1.807) is 6.07 Å². The molecule has 3 heteroatoms. The fourth-order valence-corrected chi connectivity index (χ4v) is 1.54. The first kappa shape index (κ1) is 12.7. The number of amides is 1. The number of aliphatic hydroxyl groups excluding tert-OH is 1. The van der Waals surface area contributed by atoms with E-state index < -0.39 is 0 Å². The molecule has 1 amide bonds. The van der Waals surface area contributed by atoms with Crippen molar-refractivity contribution in [1.82, 2.24) is 5.32 Å². The van der Waals surface area contributed by atoms with Crippen molar-refractivity contribution < 1.29 is 9.90 Å². The molecule has 0 aromatic heterocycles. The lowest BCUT2D eigenvalue weighted by Gasteiger charge is -2.25. The predicted molar refractivity (Wildman–Crippen MR) is 64.4 cm³/mol. The van der Waals surface area contributed by atoms with Gasteiger partial charge in [0.25, 0.3) is 5.91 Å². The van der Waals surface area contributed by atoms with E-state index in [9.17, 15) is 4.79 Å². The summed E-state index contributed by atoms with van der Waals surface area (Å²) in [4.78, 5) is 12.0. The molecule has 0 aliphatic rings. The van der Waals surface area contributed by atoms with Crippen molar-refractivity contribution in [3.8, 4) is 0 Å².